The minimum absolute atomic E-state index is 0.0161. The molecule has 0 aliphatic carbocycles. The second-order valence-electron chi connectivity index (χ2n) is 10.1. The number of nitrogens with zero attached hydrogens (tertiary/aromatic N) is 2. The Labute approximate surface area is 224 Å². The molecule has 1 spiro atoms. The highest BCUT2D eigenvalue weighted by molar-refractivity contribution is 5.98. The first kappa shape index (κ1) is 26.6. The van der Waals surface area contributed by atoms with Crippen molar-refractivity contribution in [3.8, 4) is 11.5 Å². The highest BCUT2D eigenvalue weighted by Crippen LogP contribution is 2.47. The zero-order chi connectivity index (χ0) is 27.9. The summed E-state index contributed by atoms with van der Waals surface area (Å²) in [6, 6.07) is 11.9. The predicted molar refractivity (Wildman–Crippen MR) is 140 cm³/mol. The van der Waals surface area contributed by atoms with E-state index in [1.54, 1.807) is 18.1 Å². The summed E-state index contributed by atoms with van der Waals surface area (Å²) in [5.41, 5.74) is 1.88. The van der Waals surface area contributed by atoms with Gasteiger partial charge in [0.25, 0.3) is 5.91 Å². The molecule has 5 rings (SSSR count). The highest BCUT2D eigenvalue weighted by Gasteiger charge is 2.47. The average molecular weight is 539 g/mol. The number of amides is 2. The molecule has 1 fully saturated rings. The number of anilines is 1. The minimum Gasteiger partial charge on any atom is -0.497 e. The van der Waals surface area contributed by atoms with Crippen LogP contribution >= 0.6 is 0 Å². The van der Waals surface area contributed by atoms with Crippen LogP contribution < -0.4 is 14.4 Å². The Morgan fingerprint density at radius 2 is 1.64 bits per heavy atom. The van der Waals surface area contributed by atoms with Crippen LogP contribution in [0.2, 0.25) is 0 Å². The molecule has 2 aliphatic heterocycles. The van der Waals surface area contributed by atoms with Crippen molar-refractivity contribution in [2.24, 2.45) is 0 Å². The number of carbonyl (C=O) groups is 2. The van der Waals surface area contributed by atoms with Crippen molar-refractivity contribution in [3.63, 3.8) is 0 Å². The maximum atomic E-state index is 14.6. The van der Waals surface area contributed by atoms with Crippen LogP contribution in [0.25, 0.3) is 0 Å². The largest absolute Gasteiger partial charge is 0.497 e. The normalized spacial score (nSPS) is 15.8. The van der Waals surface area contributed by atoms with Crippen LogP contribution in [-0.2, 0) is 16.6 Å². The summed E-state index contributed by atoms with van der Waals surface area (Å²) >= 11 is 0. The summed E-state index contributed by atoms with van der Waals surface area (Å²) in [6.45, 7) is 2.64. The molecule has 2 aliphatic rings. The maximum absolute atomic E-state index is 14.6. The van der Waals surface area contributed by atoms with E-state index >= 15 is 0 Å². The quantitative estimate of drug-likeness (QED) is 0.449. The molecule has 1 saturated heterocycles. The van der Waals surface area contributed by atoms with Gasteiger partial charge in [-0.25, -0.2) is 13.2 Å². The molecule has 39 heavy (non-hydrogen) atoms. The van der Waals surface area contributed by atoms with Crippen molar-refractivity contribution >= 4 is 17.5 Å². The van der Waals surface area contributed by atoms with Crippen LogP contribution in [0.5, 0.6) is 11.5 Å². The molecule has 0 bridgehead atoms. The van der Waals surface area contributed by atoms with E-state index in [2.05, 4.69) is 0 Å². The first-order valence-electron chi connectivity index (χ1n) is 12.7. The average Bonchev–Trinajstić information content (AvgIpc) is 3.22. The van der Waals surface area contributed by atoms with Crippen LogP contribution in [0.1, 0.15) is 39.9 Å². The molecule has 6 nitrogen and oxygen atoms in total. The van der Waals surface area contributed by atoms with Crippen LogP contribution in [0.3, 0.4) is 0 Å². The van der Waals surface area contributed by atoms with Gasteiger partial charge in [-0.05, 0) is 60.7 Å². The van der Waals surface area contributed by atoms with Gasteiger partial charge in [0, 0.05) is 42.9 Å². The molecule has 0 unspecified atom stereocenters. The number of ether oxygens (including phenoxy) is 2. The molecule has 0 aromatic heterocycles. The third kappa shape index (κ3) is 4.70. The number of fused-ring (bicyclic) bond motifs is 2. The van der Waals surface area contributed by atoms with Gasteiger partial charge >= 0.3 is 0 Å². The molecule has 0 saturated carbocycles. The monoisotopic (exact) mass is 538 g/mol. The molecular formula is C30H29F3N2O4. The van der Waals surface area contributed by atoms with Crippen molar-refractivity contribution in [2.75, 3.05) is 38.8 Å². The van der Waals surface area contributed by atoms with E-state index in [1.807, 2.05) is 25.1 Å². The van der Waals surface area contributed by atoms with Gasteiger partial charge < -0.3 is 19.3 Å². The van der Waals surface area contributed by atoms with Crippen molar-refractivity contribution in [1.29, 1.82) is 0 Å². The van der Waals surface area contributed by atoms with E-state index in [1.165, 1.54) is 24.1 Å². The van der Waals surface area contributed by atoms with E-state index in [4.69, 9.17) is 9.47 Å². The standard InChI is InChI=1S/C30H29F3N2O4/c1-18-19(5-4-6-26(18)39-3)13-27(36)35-17-30(22-14-20(31)7-8-25(22)35)9-11-34(12-10-30)29(37)28-23(32)15-21(38-2)16-24(28)33/h4-8,14-16H,9-13,17H2,1-3H3. The zero-order valence-electron chi connectivity index (χ0n) is 22.0. The predicted octanol–water partition coefficient (Wildman–Crippen LogP) is 5.19. The van der Waals surface area contributed by atoms with Crippen molar-refractivity contribution in [2.45, 2.75) is 31.6 Å². The van der Waals surface area contributed by atoms with Crippen molar-refractivity contribution in [3.05, 3.63) is 88.2 Å². The number of rotatable bonds is 5. The van der Waals surface area contributed by atoms with Gasteiger partial charge in [0.2, 0.25) is 5.91 Å². The third-order valence-electron chi connectivity index (χ3n) is 8.01. The summed E-state index contributed by atoms with van der Waals surface area (Å²) in [6.07, 6.45) is 0.976. The van der Waals surface area contributed by atoms with Gasteiger partial charge in [-0.2, -0.15) is 0 Å². The highest BCUT2D eigenvalue weighted by atomic mass is 19.1. The maximum Gasteiger partial charge on any atom is 0.259 e. The minimum atomic E-state index is -0.991. The molecule has 9 heteroatoms. The van der Waals surface area contributed by atoms with Crippen LogP contribution in [0, 0.1) is 24.4 Å². The summed E-state index contributed by atoms with van der Waals surface area (Å²) in [5.74, 6) is -2.59. The first-order valence-corrected chi connectivity index (χ1v) is 12.7. The number of hydrogen-bond donors (Lipinski definition) is 0. The number of likely N-dealkylation sites (tertiary alicyclic amines) is 1. The van der Waals surface area contributed by atoms with Gasteiger partial charge in [0.05, 0.1) is 20.6 Å². The smallest absolute Gasteiger partial charge is 0.259 e. The third-order valence-corrected chi connectivity index (χ3v) is 8.01. The molecule has 204 valence electrons. The Morgan fingerprint density at radius 1 is 0.949 bits per heavy atom. The Kier molecular flexibility index (Phi) is 7.01. The SMILES string of the molecule is COc1cc(F)c(C(=O)N2CCC3(CC2)CN(C(=O)Cc2cccc(OC)c2C)c2ccc(F)cc23)c(F)c1. The van der Waals surface area contributed by atoms with Gasteiger partial charge in [0.15, 0.2) is 0 Å². The van der Waals surface area contributed by atoms with Gasteiger partial charge in [-0.3, -0.25) is 9.59 Å². The number of piperidine rings is 1. The fourth-order valence-electron chi connectivity index (χ4n) is 5.79. The Balaban J connectivity index is 1.38. The summed E-state index contributed by atoms with van der Waals surface area (Å²) in [7, 11) is 2.87. The second kappa shape index (κ2) is 10.3. The Morgan fingerprint density at radius 3 is 2.28 bits per heavy atom. The van der Waals surface area contributed by atoms with Crippen molar-refractivity contribution < 1.29 is 32.2 Å². The molecule has 0 radical (unpaired) electrons. The number of hydrogen-bond acceptors (Lipinski definition) is 4. The summed E-state index contributed by atoms with van der Waals surface area (Å²) in [4.78, 5) is 29.7. The lowest BCUT2D eigenvalue weighted by Gasteiger charge is -2.40. The van der Waals surface area contributed by atoms with Crippen LogP contribution in [-0.4, -0.2) is 50.6 Å². The van der Waals surface area contributed by atoms with Gasteiger partial charge in [-0.15, -0.1) is 0 Å². The van der Waals surface area contributed by atoms with Gasteiger partial charge in [-0.1, -0.05) is 12.1 Å². The molecule has 0 N–H and O–H groups in total. The van der Waals surface area contributed by atoms with Gasteiger partial charge in [0.1, 0.15) is 34.5 Å². The summed E-state index contributed by atoms with van der Waals surface area (Å²) in [5, 5.41) is 0. The fraction of sp³-hybridized carbons (Fsp3) is 0.333. The number of benzene rings is 3. The van der Waals surface area contributed by atoms with Crippen molar-refractivity contribution in [1.82, 2.24) is 4.90 Å². The van der Waals surface area contributed by atoms with Crippen LogP contribution in [0.15, 0.2) is 48.5 Å². The van der Waals surface area contributed by atoms with E-state index in [0.29, 0.717) is 36.4 Å². The molecule has 3 aromatic rings. The van der Waals surface area contributed by atoms with E-state index in [9.17, 15) is 22.8 Å². The zero-order valence-corrected chi connectivity index (χ0v) is 22.0. The number of halogens is 3. The van der Waals surface area contributed by atoms with E-state index in [0.717, 1.165) is 23.3 Å². The fourth-order valence-corrected chi connectivity index (χ4v) is 5.79. The Hall–Kier alpha value is -4.01. The number of methoxy groups -OCH3 is 2. The van der Waals surface area contributed by atoms with Crippen LogP contribution in [0.4, 0.5) is 18.9 Å². The lowest BCUT2D eigenvalue weighted by Crippen LogP contribution is -2.48. The Bertz CT molecular complexity index is 1430. The van der Waals surface area contributed by atoms with E-state index < -0.39 is 34.3 Å². The second-order valence-corrected chi connectivity index (χ2v) is 10.1. The molecule has 3 aromatic carbocycles. The summed E-state index contributed by atoms with van der Waals surface area (Å²) < 4.78 is 53.8. The number of carbonyl (C=O) groups excluding carboxylic acids is 2. The molecular weight excluding hydrogens is 509 g/mol. The van der Waals surface area contributed by atoms with E-state index in [-0.39, 0.29) is 31.2 Å². The molecule has 0 atom stereocenters. The topological polar surface area (TPSA) is 59.1 Å². The first-order chi connectivity index (χ1) is 18.7. The molecule has 2 amide bonds. The lowest BCUT2D eigenvalue weighted by atomic mass is 9.74. The lowest BCUT2D eigenvalue weighted by molar-refractivity contribution is -0.118. The molecule has 2 heterocycles.